The quantitative estimate of drug-likeness (QED) is 0.154. The minimum absolute atomic E-state index is 0.501. The number of para-hydroxylation sites is 2. The van der Waals surface area contributed by atoms with Crippen LogP contribution in [0.4, 0.5) is 5.69 Å². The van der Waals surface area contributed by atoms with Crippen LogP contribution in [-0.2, 0) is 0 Å². The molecule has 10 aromatic rings. The Morgan fingerprint density at radius 3 is 1.12 bits per heavy atom. The van der Waals surface area contributed by atoms with Crippen molar-refractivity contribution in [2.24, 2.45) is 0 Å². The first-order chi connectivity index (χ1) is 28.2. The van der Waals surface area contributed by atoms with E-state index in [0.717, 1.165) is 94.8 Å². The predicted octanol–water partition coefficient (Wildman–Crippen LogP) is 14.6. The van der Waals surface area contributed by atoms with Gasteiger partial charge in [-0.05, 0) is 70.3 Å². The van der Waals surface area contributed by atoms with Crippen LogP contribution in [0.25, 0.3) is 105 Å². The maximum absolute atomic E-state index is 7.84. The first kappa shape index (κ1) is 33.7. The van der Waals surface area contributed by atoms with Gasteiger partial charge in [0.1, 0.15) is 11.2 Å². The fourth-order valence-corrected chi connectivity index (χ4v) is 7.66. The van der Waals surface area contributed by atoms with Gasteiger partial charge in [0.25, 0.3) is 0 Å². The van der Waals surface area contributed by atoms with Gasteiger partial charge in [-0.1, -0.05) is 158 Å². The van der Waals surface area contributed by atoms with Crippen molar-refractivity contribution in [1.29, 1.82) is 0 Å². The Bertz CT molecular complexity index is 2850. The average Bonchev–Trinajstić information content (AvgIpc) is 3.69. The Labute approximate surface area is 330 Å². The molecular formula is C53H33N3O. The molecule has 0 radical (unpaired) electrons. The van der Waals surface area contributed by atoms with Gasteiger partial charge in [-0.2, -0.15) is 0 Å². The third-order valence-electron chi connectivity index (χ3n) is 10.5. The molecule has 0 amide bonds. The van der Waals surface area contributed by atoms with Crippen LogP contribution in [0.3, 0.4) is 0 Å². The molecule has 7 aromatic carbocycles. The van der Waals surface area contributed by atoms with E-state index >= 15 is 0 Å². The summed E-state index contributed by atoms with van der Waals surface area (Å²) >= 11 is 0. The zero-order chi connectivity index (χ0) is 38.1. The van der Waals surface area contributed by atoms with Crippen molar-refractivity contribution in [3.8, 4) is 78.4 Å². The number of hydrogen-bond donors (Lipinski definition) is 0. The predicted molar refractivity (Wildman–Crippen MR) is 234 cm³/mol. The molecule has 266 valence electrons. The Hall–Kier alpha value is -7.87. The summed E-state index contributed by atoms with van der Waals surface area (Å²) in [6.45, 7) is 7.84. The molecule has 0 saturated carbocycles. The molecule has 0 aliphatic carbocycles. The second kappa shape index (κ2) is 14.4. The number of furan rings is 1. The van der Waals surface area contributed by atoms with E-state index in [1.807, 2.05) is 42.5 Å². The van der Waals surface area contributed by atoms with Crippen LogP contribution in [0.1, 0.15) is 0 Å². The normalized spacial score (nSPS) is 11.1. The van der Waals surface area contributed by atoms with Crippen molar-refractivity contribution in [1.82, 2.24) is 9.97 Å². The second-order valence-corrected chi connectivity index (χ2v) is 14.1. The van der Waals surface area contributed by atoms with E-state index in [4.69, 9.17) is 21.0 Å². The highest BCUT2D eigenvalue weighted by Crippen LogP contribution is 2.43. The monoisotopic (exact) mass is 727 g/mol. The van der Waals surface area contributed by atoms with Crippen LogP contribution in [-0.4, -0.2) is 9.97 Å². The molecule has 4 nitrogen and oxygen atoms in total. The molecule has 0 N–H and O–H groups in total. The summed E-state index contributed by atoms with van der Waals surface area (Å²) in [7, 11) is 0. The molecule has 0 atom stereocenters. The molecule has 0 aliphatic rings. The molecular weight excluding hydrogens is 695 g/mol. The lowest BCUT2D eigenvalue weighted by molar-refractivity contribution is 0.672. The van der Waals surface area contributed by atoms with Crippen LogP contribution in [0, 0.1) is 6.57 Å². The van der Waals surface area contributed by atoms with Crippen LogP contribution in [0.15, 0.2) is 205 Å². The summed E-state index contributed by atoms with van der Waals surface area (Å²) in [5.74, 6) is 0. The van der Waals surface area contributed by atoms with E-state index in [0.29, 0.717) is 11.3 Å². The minimum Gasteiger partial charge on any atom is -0.466 e. The third-order valence-corrected chi connectivity index (χ3v) is 10.5. The Balaban J connectivity index is 1.25. The van der Waals surface area contributed by atoms with Crippen LogP contribution < -0.4 is 0 Å². The summed E-state index contributed by atoms with van der Waals surface area (Å²) < 4.78 is 6.63. The van der Waals surface area contributed by atoms with E-state index in [2.05, 4.69) is 163 Å². The molecule has 10 rings (SSSR count). The molecule has 0 unspecified atom stereocenters. The number of rotatable bonds is 7. The average molecular weight is 728 g/mol. The standard InChI is InChI=1S/C53H33N3O/c1-54-47-27-15-26-46-45-25-14-24-44(52(45)57-53(46)47)43-29-39(41-31-48(35-16-6-2-7-17-35)55-49(32-41)36-18-8-3-9-19-36)28-40(30-43)42-33-50(37-20-10-4-11-21-37)56-51(34-42)38-22-12-5-13-23-38/h2-34H. The first-order valence-electron chi connectivity index (χ1n) is 18.9. The first-order valence-corrected chi connectivity index (χ1v) is 18.9. The van der Waals surface area contributed by atoms with Crippen molar-refractivity contribution in [3.63, 3.8) is 0 Å². The fourth-order valence-electron chi connectivity index (χ4n) is 7.66. The summed E-state index contributed by atoms with van der Waals surface area (Å²) in [4.78, 5) is 14.2. The largest absolute Gasteiger partial charge is 0.466 e. The molecule has 4 heteroatoms. The highest BCUT2D eigenvalue weighted by molar-refractivity contribution is 6.12. The maximum Gasteiger partial charge on any atom is 0.229 e. The molecule has 0 bridgehead atoms. The van der Waals surface area contributed by atoms with Crippen LogP contribution in [0.5, 0.6) is 0 Å². The number of hydrogen-bond acceptors (Lipinski definition) is 3. The van der Waals surface area contributed by atoms with Gasteiger partial charge in [0.2, 0.25) is 5.69 Å². The van der Waals surface area contributed by atoms with Gasteiger partial charge in [-0.3, -0.25) is 0 Å². The van der Waals surface area contributed by atoms with E-state index in [9.17, 15) is 0 Å². The Morgan fingerprint density at radius 2 is 0.702 bits per heavy atom. The van der Waals surface area contributed by atoms with Gasteiger partial charge in [-0.25, -0.2) is 14.8 Å². The molecule has 0 aliphatic heterocycles. The molecule has 0 spiro atoms. The van der Waals surface area contributed by atoms with Crippen molar-refractivity contribution in [3.05, 3.63) is 212 Å². The number of pyridine rings is 2. The van der Waals surface area contributed by atoms with Crippen molar-refractivity contribution >= 4 is 27.6 Å². The van der Waals surface area contributed by atoms with E-state index in [1.165, 1.54) is 0 Å². The van der Waals surface area contributed by atoms with Gasteiger partial charge in [0.05, 0.1) is 29.3 Å². The number of nitrogens with zero attached hydrogens (tertiary/aromatic N) is 3. The van der Waals surface area contributed by atoms with Crippen molar-refractivity contribution in [2.45, 2.75) is 0 Å². The smallest absolute Gasteiger partial charge is 0.229 e. The number of fused-ring (bicyclic) bond motifs is 3. The fraction of sp³-hybridized carbons (Fsp3) is 0. The van der Waals surface area contributed by atoms with Gasteiger partial charge in [0, 0.05) is 38.6 Å². The molecule has 0 fully saturated rings. The lowest BCUT2D eigenvalue weighted by Gasteiger charge is -2.15. The summed E-state index contributed by atoms with van der Waals surface area (Å²) in [6.07, 6.45) is 0. The molecule has 57 heavy (non-hydrogen) atoms. The maximum atomic E-state index is 7.84. The number of aromatic nitrogens is 2. The highest BCUT2D eigenvalue weighted by atomic mass is 16.3. The van der Waals surface area contributed by atoms with Gasteiger partial charge >= 0.3 is 0 Å². The summed E-state index contributed by atoms with van der Waals surface area (Å²) in [6, 6.07) is 68.9. The zero-order valence-electron chi connectivity index (χ0n) is 30.8. The Kier molecular flexibility index (Phi) is 8.52. The second-order valence-electron chi connectivity index (χ2n) is 14.1. The summed E-state index contributed by atoms with van der Waals surface area (Å²) in [5, 5.41) is 1.91. The SMILES string of the molecule is [C-]#[N+]c1cccc2c1oc1c(-c3cc(-c4cc(-c5ccccc5)nc(-c5ccccc5)c4)cc(-c4cc(-c5ccccc5)nc(-c5ccccc5)c4)c3)cccc12. The lowest BCUT2D eigenvalue weighted by Crippen LogP contribution is -1.94. The minimum atomic E-state index is 0.501. The zero-order valence-corrected chi connectivity index (χ0v) is 30.8. The van der Waals surface area contributed by atoms with Crippen LogP contribution >= 0.6 is 0 Å². The molecule has 3 aromatic heterocycles. The topological polar surface area (TPSA) is 43.3 Å². The molecule has 0 saturated heterocycles. The molecule has 3 heterocycles. The van der Waals surface area contributed by atoms with Gasteiger partial charge in [0.15, 0.2) is 0 Å². The third kappa shape index (κ3) is 6.44. The van der Waals surface area contributed by atoms with E-state index < -0.39 is 0 Å². The van der Waals surface area contributed by atoms with E-state index in [1.54, 1.807) is 0 Å². The lowest BCUT2D eigenvalue weighted by atomic mass is 9.91. The van der Waals surface area contributed by atoms with Gasteiger partial charge in [-0.15, -0.1) is 0 Å². The van der Waals surface area contributed by atoms with Crippen LogP contribution in [0.2, 0.25) is 0 Å². The van der Waals surface area contributed by atoms with Crippen molar-refractivity contribution in [2.75, 3.05) is 0 Å². The highest BCUT2D eigenvalue weighted by Gasteiger charge is 2.18. The van der Waals surface area contributed by atoms with E-state index in [-0.39, 0.29) is 0 Å². The summed E-state index contributed by atoms with van der Waals surface area (Å²) in [5.41, 5.74) is 15.7. The van der Waals surface area contributed by atoms with Gasteiger partial charge < -0.3 is 4.42 Å². The number of benzene rings is 7. The van der Waals surface area contributed by atoms with Crippen molar-refractivity contribution < 1.29 is 4.42 Å². The Morgan fingerprint density at radius 1 is 0.333 bits per heavy atom.